The molecule has 0 saturated carbocycles. The Morgan fingerprint density at radius 1 is 1.04 bits per heavy atom. The second-order valence-corrected chi connectivity index (χ2v) is 7.86. The number of amides is 2. The van der Waals surface area contributed by atoms with E-state index in [1.54, 1.807) is 12.1 Å². The van der Waals surface area contributed by atoms with Gasteiger partial charge in [0, 0.05) is 18.9 Å². The van der Waals surface area contributed by atoms with Crippen molar-refractivity contribution < 1.29 is 13.2 Å². The largest absolute Gasteiger partial charge is 0.337 e. The number of benzene rings is 2. The van der Waals surface area contributed by atoms with Gasteiger partial charge in [0.15, 0.2) is 5.82 Å². The molecule has 8 heteroatoms. The molecule has 0 atom stereocenters. The molecule has 0 fully saturated rings. The van der Waals surface area contributed by atoms with E-state index in [2.05, 4.69) is 14.7 Å². The molecule has 1 heterocycles. The number of aromatic nitrogens is 2. The summed E-state index contributed by atoms with van der Waals surface area (Å²) in [6.07, 6.45) is 4.89. The van der Waals surface area contributed by atoms with Crippen LogP contribution in [0.15, 0.2) is 78.1 Å². The van der Waals surface area contributed by atoms with Gasteiger partial charge in [0.05, 0.1) is 11.1 Å². The van der Waals surface area contributed by atoms with E-state index >= 15 is 0 Å². The van der Waals surface area contributed by atoms with Crippen molar-refractivity contribution in [3.05, 3.63) is 84.3 Å². The van der Waals surface area contributed by atoms with Crippen LogP contribution >= 0.6 is 0 Å². The van der Waals surface area contributed by atoms with E-state index in [-0.39, 0.29) is 17.3 Å². The maximum Gasteiger partial charge on any atom is 0.337 e. The smallest absolute Gasteiger partial charge is 0.276 e. The van der Waals surface area contributed by atoms with Crippen LogP contribution in [0.25, 0.3) is 0 Å². The highest BCUT2D eigenvalue weighted by atomic mass is 32.2. The van der Waals surface area contributed by atoms with E-state index in [1.165, 1.54) is 35.6 Å². The minimum Gasteiger partial charge on any atom is -0.276 e. The second-order valence-electron chi connectivity index (χ2n) is 6.17. The van der Waals surface area contributed by atoms with Crippen molar-refractivity contribution in [3.8, 4) is 0 Å². The number of hydrogen-bond donors (Lipinski definition) is 1. The molecule has 0 aliphatic rings. The first-order valence-corrected chi connectivity index (χ1v) is 10.1. The van der Waals surface area contributed by atoms with Gasteiger partial charge in [-0.15, -0.1) is 0 Å². The lowest BCUT2D eigenvalue weighted by Gasteiger charge is -2.21. The van der Waals surface area contributed by atoms with Gasteiger partial charge in [0.25, 0.3) is 10.0 Å². The van der Waals surface area contributed by atoms with Crippen LogP contribution in [-0.4, -0.2) is 31.0 Å². The van der Waals surface area contributed by atoms with Crippen LogP contribution in [0.4, 0.5) is 10.6 Å². The number of nitrogens with one attached hydrogen (secondary N) is 1. The van der Waals surface area contributed by atoms with E-state index in [0.717, 1.165) is 11.1 Å². The van der Waals surface area contributed by atoms with Crippen molar-refractivity contribution in [2.45, 2.75) is 18.2 Å². The lowest BCUT2D eigenvalue weighted by Crippen LogP contribution is -2.44. The third-order valence-electron chi connectivity index (χ3n) is 4.09. The van der Waals surface area contributed by atoms with Crippen LogP contribution in [0.1, 0.15) is 11.1 Å². The van der Waals surface area contributed by atoms with Crippen molar-refractivity contribution >= 4 is 21.9 Å². The normalized spacial score (nSPS) is 11.0. The molecule has 2 aromatic carbocycles. The molecule has 0 radical (unpaired) electrons. The van der Waals surface area contributed by atoms with Crippen LogP contribution < -0.4 is 9.62 Å². The molecule has 0 bridgehead atoms. The number of urea groups is 1. The molecular weight excluding hydrogens is 376 g/mol. The lowest BCUT2D eigenvalue weighted by atomic mass is 10.1. The van der Waals surface area contributed by atoms with E-state index in [0.29, 0.717) is 6.42 Å². The van der Waals surface area contributed by atoms with Gasteiger partial charge in [-0.05, 0) is 31.0 Å². The first-order chi connectivity index (χ1) is 13.5. The minimum atomic E-state index is -4.00. The van der Waals surface area contributed by atoms with Crippen molar-refractivity contribution in [2.24, 2.45) is 0 Å². The summed E-state index contributed by atoms with van der Waals surface area (Å²) in [6.45, 7) is 2.10. The summed E-state index contributed by atoms with van der Waals surface area (Å²) < 4.78 is 27.3. The number of sulfonamides is 1. The summed E-state index contributed by atoms with van der Waals surface area (Å²) in [5, 5.41) is 0. The minimum absolute atomic E-state index is 0.0219. The standard InChI is InChI=1S/C20H20N4O3S/c1-16-7-9-18(10-8-16)28(26,27)23-20(25)24(19-15-21-12-13-22-19)14-11-17-5-3-2-4-6-17/h2-10,12-13,15H,11,14H2,1H3,(H,23,25). The third-order valence-corrected chi connectivity index (χ3v) is 5.43. The molecule has 0 aliphatic carbocycles. The highest BCUT2D eigenvalue weighted by molar-refractivity contribution is 7.90. The van der Waals surface area contributed by atoms with Crippen LogP contribution in [0.5, 0.6) is 0 Å². The Hall–Kier alpha value is -3.26. The number of rotatable bonds is 6. The molecule has 1 aromatic heterocycles. The highest BCUT2D eigenvalue weighted by Gasteiger charge is 2.24. The molecule has 144 valence electrons. The van der Waals surface area contributed by atoms with E-state index in [4.69, 9.17) is 0 Å². The lowest BCUT2D eigenvalue weighted by molar-refractivity contribution is 0.251. The fourth-order valence-electron chi connectivity index (χ4n) is 2.58. The fourth-order valence-corrected chi connectivity index (χ4v) is 3.54. The maximum absolute atomic E-state index is 12.8. The average Bonchev–Trinajstić information content (AvgIpc) is 2.70. The van der Waals surface area contributed by atoms with Crippen molar-refractivity contribution in [1.82, 2.24) is 14.7 Å². The quantitative estimate of drug-likeness (QED) is 0.692. The third kappa shape index (κ3) is 4.92. The van der Waals surface area contributed by atoms with E-state index in [1.807, 2.05) is 37.3 Å². The summed E-state index contributed by atoms with van der Waals surface area (Å²) >= 11 is 0. The second kappa shape index (κ2) is 8.62. The Kier molecular flexibility index (Phi) is 6.00. The molecule has 1 N–H and O–H groups in total. The molecule has 0 saturated heterocycles. The molecule has 28 heavy (non-hydrogen) atoms. The zero-order valence-electron chi connectivity index (χ0n) is 15.3. The first-order valence-electron chi connectivity index (χ1n) is 8.66. The fraction of sp³-hybridized carbons (Fsp3) is 0.150. The molecule has 3 aromatic rings. The van der Waals surface area contributed by atoms with Gasteiger partial charge in [-0.1, -0.05) is 48.0 Å². The van der Waals surface area contributed by atoms with Crippen molar-refractivity contribution in [3.63, 3.8) is 0 Å². The highest BCUT2D eigenvalue weighted by Crippen LogP contribution is 2.14. The monoisotopic (exact) mass is 396 g/mol. The van der Waals surface area contributed by atoms with Gasteiger partial charge < -0.3 is 0 Å². The van der Waals surface area contributed by atoms with Crippen LogP contribution in [0.3, 0.4) is 0 Å². The predicted molar refractivity (Wildman–Crippen MR) is 106 cm³/mol. The van der Waals surface area contributed by atoms with Gasteiger partial charge in [-0.25, -0.2) is 22.9 Å². The summed E-state index contributed by atoms with van der Waals surface area (Å²) in [4.78, 5) is 22.2. The van der Waals surface area contributed by atoms with Crippen LogP contribution in [-0.2, 0) is 16.4 Å². The van der Waals surface area contributed by atoms with Gasteiger partial charge in [0.1, 0.15) is 0 Å². The predicted octanol–water partition coefficient (Wildman–Crippen LogP) is 2.93. The molecule has 0 aliphatic heterocycles. The van der Waals surface area contributed by atoms with Crippen molar-refractivity contribution in [1.29, 1.82) is 0 Å². The average molecular weight is 396 g/mol. The molecule has 3 rings (SSSR count). The molecule has 7 nitrogen and oxygen atoms in total. The van der Waals surface area contributed by atoms with Gasteiger partial charge in [-0.3, -0.25) is 9.88 Å². The topological polar surface area (TPSA) is 92.3 Å². The Morgan fingerprint density at radius 3 is 2.39 bits per heavy atom. The van der Waals surface area contributed by atoms with Gasteiger partial charge in [0.2, 0.25) is 0 Å². The zero-order valence-corrected chi connectivity index (χ0v) is 16.1. The summed E-state index contributed by atoms with van der Waals surface area (Å²) in [5.41, 5.74) is 1.94. The first kappa shape index (κ1) is 19.5. The Balaban J connectivity index is 1.81. The van der Waals surface area contributed by atoms with Gasteiger partial charge in [-0.2, -0.15) is 0 Å². The number of anilines is 1. The molecular formula is C20H20N4O3S. The van der Waals surface area contributed by atoms with E-state index in [9.17, 15) is 13.2 Å². The summed E-state index contributed by atoms with van der Waals surface area (Å²) in [7, 11) is -4.00. The number of aryl methyl sites for hydroxylation is 1. The SMILES string of the molecule is Cc1ccc(S(=O)(=O)NC(=O)N(CCc2ccccc2)c2cnccn2)cc1. The summed E-state index contributed by atoms with van der Waals surface area (Å²) in [5.74, 6) is 0.273. The molecule has 0 unspecified atom stereocenters. The van der Waals surface area contributed by atoms with Crippen molar-refractivity contribution in [2.75, 3.05) is 11.4 Å². The van der Waals surface area contributed by atoms with Gasteiger partial charge >= 0.3 is 6.03 Å². The number of hydrogen-bond acceptors (Lipinski definition) is 5. The Bertz CT molecular complexity index is 1020. The Labute approximate surface area is 164 Å². The molecule has 2 amide bonds. The maximum atomic E-state index is 12.8. The number of nitrogens with zero attached hydrogens (tertiary/aromatic N) is 3. The summed E-state index contributed by atoms with van der Waals surface area (Å²) in [6, 6.07) is 15.1. The Morgan fingerprint density at radius 2 is 1.75 bits per heavy atom. The zero-order chi connectivity index (χ0) is 20.0. The van der Waals surface area contributed by atoms with Crippen LogP contribution in [0.2, 0.25) is 0 Å². The number of carbonyl (C=O) groups excluding carboxylic acids is 1. The van der Waals surface area contributed by atoms with Crippen LogP contribution in [0, 0.1) is 6.92 Å². The molecule has 0 spiro atoms. The van der Waals surface area contributed by atoms with E-state index < -0.39 is 16.1 Å². The number of carbonyl (C=O) groups is 1.